The molecule has 19 heavy (non-hydrogen) atoms. The van der Waals surface area contributed by atoms with Crippen LogP contribution in [0, 0.1) is 0 Å². The molecule has 1 aliphatic heterocycles. The summed E-state index contributed by atoms with van der Waals surface area (Å²) in [6.07, 6.45) is 3.05. The Balaban J connectivity index is 1.59. The van der Waals surface area contributed by atoms with Crippen molar-refractivity contribution in [2.75, 3.05) is 25.1 Å². The zero-order chi connectivity index (χ0) is 13.1. The van der Waals surface area contributed by atoms with Gasteiger partial charge in [0.15, 0.2) is 0 Å². The fourth-order valence-electron chi connectivity index (χ4n) is 2.68. The lowest BCUT2D eigenvalue weighted by molar-refractivity contribution is 0.0731. The predicted molar refractivity (Wildman–Crippen MR) is 78.6 cm³/mol. The lowest BCUT2D eigenvalue weighted by atomic mass is 10.1. The van der Waals surface area contributed by atoms with Gasteiger partial charge in [0.2, 0.25) is 0 Å². The maximum atomic E-state index is 5.49. The average Bonchev–Trinajstić information content (AvgIpc) is 2.87. The Morgan fingerprint density at radius 2 is 2.37 bits per heavy atom. The van der Waals surface area contributed by atoms with Gasteiger partial charge in [-0.15, -0.1) is 0 Å². The van der Waals surface area contributed by atoms with Crippen LogP contribution in [-0.2, 0) is 4.74 Å². The average molecular weight is 259 g/mol. The van der Waals surface area contributed by atoms with Gasteiger partial charge >= 0.3 is 0 Å². The molecule has 1 saturated heterocycles. The SMILES string of the molecule is CC(CC1COCCN1)Nc1ccc2[nH]ccc2c1. The molecule has 0 spiro atoms. The molecule has 102 valence electrons. The Hall–Kier alpha value is -1.52. The molecule has 3 N–H and O–H groups in total. The van der Waals surface area contributed by atoms with Crippen LogP contribution in [-0.4, -0.2) is 36.8 Å². The zero-order valence-electron chi connectivity index (χ0n) is 11.3. The molecule has 1 aromatic heterocycles. The van der Waals surface area contributed by atoms with E-state index in [0.29, 0.717) is 12.1 Å². The molecular formula is C15H21N3O. The largest absolute Gasteiger partial charge is 0.383 e. The van der Waals surface area contributed by atoms with Crippen molar-refractivity contribution in [3.63, 3.8) is 0 Å². The van der Waals surface area contributed by atoms with Gasteiger partial charge in [-0.25, -0.2) is 0 Å². The third-order valence-corrected chi connectivity index (χ3v) is 3.60. The van der Waals surface area contributed by atoms with Gasteiger partial charge in [0.25, 0.3) is 0 Å². The van der Waals surface area contributed by atoms with Crippen molar-refractivity contribution >= 4 is 16.6 Å². The molecule has 2 unspecified atom stereocenters. The molecule has 0 amide bonds. The van der Waals surface area contributed by atoms with Crippen LogP contribution < -0.4 is 10.6 Å². The number of nitrogens with one attached hydrogen (secondary N) is 3. The number of anilines is 1. The second-order valence-electron chi connectivity index (χ2n) is 5.29. The van der Waals surface area contributed by atoms with E-state index >= 15 is 0 Å². The van der Waals surface area contributed by atoms with Crippen molar-refractivity contribution in [1.29, 1.82) is 0 Å². The summed E-state index contributed by atoms with van der Waals surface area (Å²) >= 11 is 0. The minimum atomic E-state index is 0.426. The minimum absolute atomic E-state index is 0.426. The van der Waals surface area contributed by atoms with Crippen molar-refractivity contribution in [2.45, 2.75) is 25.4 Å². The second kappa shape index (κ2) is 5.63. The number of hydrogen-bond acceptors (Lipinski definition) is 3. The molecule has 0 radical (unpaired) electrons. The summed E-state index contributed by atoms with van der Waals surface area (Å²) < 4.78 is 5.49. The van der Waals surface area contributed by atoms with Crippen LogP contribution in [0.4, 0.5) is 5.69 Å². The van der Waals surface area contributed by atoms with Gasteiger partial charge in [-0.3, -0.25) is 0 Å². The van der Waals surface area contributed by atoms with Crippen LogP contribution in [0.2, 0.25) is 0 Å². The fourth-order valence-corrected chi connectivity index (χ4v) is 2.68. The van der Waals surface area contributed by atoms with Crippen molar-refractivity contribution in [2.24, 2.45) is 0 Å². The van der Waals surface area contributed by atoms with Gasteiger partial charge < -0.3 is 20.4 Å². The summed E-state index contributed by atoms with van der Waals surface area (Å²) in [5, 5.41) is 8.30. The number of fused-ring (bicyclic) bond motifs is 1. The molecular weight excluding hydrogens is 238 g/mol. The monoisotopic (exact) mass is 259 g/mol. The third-order valence-electron chi connectivity index (χ3n) is 3.60. The van der Waals surface area contributed by atoms with Gasteiger partial charge in [0.1, 0.15) is 0 Å². The number of benzene rings is 1. The van der Waals surface area contributed by atoms with Crippen molar-refractivity contribution in [3.8, 4) is 0 Å². The van der Waals surface area contributed by atoms with Gasteiger partial charge in [-0.1, -0.05) is 0 Å². The van der Waals surface area contributed by atoms with Gasteiger partial charge in [-0.05, 0) is 37.6 Å². The van der Waals surface area contributed by atoms with Crippen LogP contribution in [0.5, 0.6) is 0 Å². The van der Waals surface area contributed by atoms with Gasteiger partial charge in [0, 0.05) is 41.4 Å². The van der Waals surface area contributed by atoms with Crippen LogP contribution in [0.25, 0.3) is 10.9 Å². The van der Waals surface area contributed by atoms with E-state index in [1.165, 1.54) is 16.6 Å². The summed E-state index contributed by atoms with van der Waals surface area (Å²) in [5.41, 5.74) is 2.36. The molecule has 3 rings (SSSR count). The predicted octanol–water partition coefficient (Wildman–Crippen LogP) is 2.35. The molecule has 0 bridgehead atoms. The summed E-state index contributed by atoms with van der Waals surface area (Å²) in [4.78, 5) is 3.21. The lowest BCUT2D eigenvalue weighted by Crippen LogP contribution is -2.43. The smallest absolute Gasteiger partial charge is 0.0621 e. The Morgan fingerprint density at radius 1 is 1.42 bits per heavy atom. The first-order valence-electron chi connectivity index (χ1n) is 6.96. The number of morpholine rings is 1. The maximum absolute atomic E-state index is 5.49. The number of H-pyrrole nitrogens is 1. The summed E-state index contributed by atoms with van der Waals surface area (Å²) in [6, 6.07) is 9.42. The number of ether oxygens (including phenoxy) is 1. The molecule has 1 aromatic carbocycles. The highest BCUT2D eigenvalue weighted by molar-refractivity contribution is 5.82. The number of hydrogen-bond donors (Lipinski definition) is 3. The van der Waals surface area contributed by atoms with E-state index in [1.807, 2.05) is 6.20 Å². The second-order valence-corrected chi connectivity index (χ2v) is 5.29. The van der Waals surface area contributed by atoms with Crippen LogP contribution in [0.1, 0.15) is 13.3 Å². The molecule has 2 atom stereocenters. The molecule has 0 aliphatic carbocycles. The first kappa shape index (κ1) is 12.5. The Bertz CT molecular complexity index is 531. The zero-order valence-corrected chi connectivity index (χ0v) is 11.3. The Kier molecular flexibility index (Phi) is 3.71. The summed E-state index contributed by atoms with van der Waals surface area (Å²) in [5.74, 6) is 0. The highest BCUT2D eigenvalue weighted by Gasteiger charge is 2.16. The molecule has 4 nitrogen and oxygen atoms in total. The first-order chi connectivity index (χ1) is 9.31. The standard InChI is InChI=1S/C15H21N3O/c1-11(8-14-10-19-7-6-16-14)18-13-2-3-15-12(9-13)4-5-17-15/h2-5,9,11,14,16-18H,6-8,10H2,1H3. The minimum Gasteiger partial charge on any atom is -0.383 e. The molecule has 0 saturated carbocycles. The number of rotatable bonds is 4. The summed E-state index contributed by atoms with van der Waals surface area (Å²) in [7, 11) is 0. The highest BCUT2D eigenvalue weighted by Crippen LogP contribution is 2.19. The maximum Gasteiger partial charge on any atom is 0.0621 e. The fraction of sp³-hybridized carbons (Fsp3) is 0.467. The van der Waals surface area contributed by atoms with Gasteiger partial charge in [0.05, 0.1) is 13.2 Å². The van der Waals surface area contributed by atoms with Crippen LogP contribution in [0.3, 0.4) is 0 Å². The van der Waals surface area contributed by atoms with E-state index in [0.717, 1.165) is 26.2 Å². The van der Waals surface area contributed by atoms with Crippen molar-refractivity contribution in [1.82, 2.24) is 10.3 Å². The van der Waals surface area contributed by atoms with Crippen molar-refractivity contribution < 1.29 is 4.74 Å². The Morgan fingerprint density at radius 3 is 3.21 bits per heavy atom. The van der Waals surface area contributed by atoms with Gasteiger partial charge in [-0.2, -0.15) is 0 Å². The lowest BCUT2D eigenvalue weighted by Gasteiger charge is -2.27. The highest BCUT2D eigenvalue weighted by atomic mass is 16.5. The van der Waals surface area contributed by atoms with Crippen LogP contribution >= 0.6 is 0 Å². The van der Waals surface area contributed by atoms with Crippen LogP contribution in [0.15, 0.2) is 30.5 Å². The number of aromatic nitrogens is 1. The molecule has 2 aromatic rings. The van der Waals surface area contributed by atoms with E-state index in [2.05, 4.69) is 46.8 Å². The topological polar surface area (TPSA) is 49.1 Å². The number of aromatic amines is 1. The van der Waals surface area contributed by atoms with E-state index < -0.39 is 0 Å². The molecule has 1 fully saturated rings. The molecule has 1 aliphatic rings. The third kappa shape index (κ3) is 3.08. The van der Waals surface area contributed by atoms with E-state index in [9.17, 15) is 0 Å². The quantitative estimate of drug-likeness (QED) is 0.790. The normalized spacial score (nSPS) is 21.4. The molecule has 4 heteroatoms. The van der Waals surface area contributed by atoms with E-state index in [-0.39, 0.29) is 0 Å². The summed E-state index contributed by atoms with van der Waals surface area (Å²) in [6.45, 7) is 4.84. The molecule has 2 heterocycles. The first-order valence-corrected chi connectivity index (χ1v) is 6.96. The van der Waals surface area contributed by atoms with Crippen molar-refractivity contribution in [3.05, 3.63) is 30.5 Å². The Labute approximate surface area is 113 Å². The van der Waals surface area contributed by atoms with E-state index in [1.54, 1.807) is 0 Å². The van der Waals surface area contributed by atoms with E-state index in [4.69, 9.17) is 4.74 Å².